The number of nitrogens with zero attached hydrogens (tertiary/aromatic N) is 1. The van der Waals surface area contributed by atoms with E-state index in [0.717, 1.165) is 12.8 Å². The van der Waals surface area contributed by atoms with E-state index in [-0.39, 0.29) is 30.8 Å². The highest BCUT2D eigenvalue weighted by Gasteiger charge is 2.28. The molecule has 0 atom stereocenters. The Bertz CT molecular complexity index is 908. The molecule has 3 amide bonds. The van der Waals surface area contributed by atoms with Gasteiger partial charge in [0.15, 0.2) is 0 Å². The number of nitrogens with one attached hydrogen (secondary N) is 2. The first-order valence-electron chi connectivity index (χ1n) is 10.1. The van der Waals surface area contributed by atoms with Gasteiger partial charge in [0.2, 0.25) is 11.8 Å². The smallest absolute Gasteiger partial charge is 0.254 e. The molecule has 1 aliphatic rings. The lowest BCUT2D eigenvalue weighted by molar-refractivity contribution is -0.124. The van der Waals surface area contributed by atoms with Gasteiger partial charge < -0.3 is 25.0 Å². The maximum absolute atomic E-state index is 12.9. The Morgan fingerprint density at radius 1 is 0.903 bits per heavy atom. The van der Waals surface area contributed by atoms with Crippen LogP contribution in [0.25, 0.3) is 0 Å². The zero-order valence-electron chi connectivity index (χ0n) is 17.7. The molecule has 2 aromatic rings. The van der Waals surface area contributed by atoms with Gasteiger partial charge in [-0.05, 0) is 67.3 Å². The van der Waals surface area contributed by atoms with Gasteiger partial charge in [-0.3, -0.25) is 14.4 Å². The first-order chi connectivity index (χ1) is 15.0. The molecule has 3 rings (SSSR count). The largest absolute Gasteiger partial charge is 0.497 e. The van der Waals surface area contributed by atoms with E-state index in [1.54, 1.807) is 62.8 Å². The van der Waals surface area contributed by atoms with E-state index < -0.39 is 0 Å². The topological polar surface area (TPSA) is 97.0 Å². The normalized spacial score (nSPS) is 12.6. The average molecular weight is 425 g/mol. The molecule has 2 aromatic carbocycles. The quantitative estimate of drug-likeness (QED) is 0.609. The summed E-state index contributed by atoms with van der Waals surface area (Å²) >= 11 is 0. The molecule has 0 heterocycles. The van der Waals surface area contributed by atoms with E-state index in [9.17, 15) is 14.4 Å². The van der Waals surface area contributed by atoms with Gasteiger partial charge in [-0.15, -0.1) is 0 Å². The Morgan fingerprint density at radius 2 is 1.48 bits per heavy atom. The number of carbonyl (C=O) groups is 3. The lowest BCUT2D eigenvalue weighted by Crippen LogP contribution is -2.43. The average Bonchev–Trinajstić information content (AvgIpc) is 3.61. The van der Waals surface area contributed by atoms with Crippen LogP contribution in [0.1, 0.15) is 23.2 Å². The van der Waals surface area contributed by atoms with Gasteiger partial charge in [-0.2, -0.15) is 0 Å². The fourth-order valence-electron chi connectivity index (χ4n) is 3.04. The van der Waals surface area contributed by atoms with Crippen molar-refractivity contribution in [1.82, 2.24) is 10.2 Å². The van der Waals surface area contributed by atoms with Gasteiger partial charge >= 0.3 is 0 Å². The maximum atomic E-state index is 12.9. The lowest BCUT2D eigenvalue weighted by Gasteiger charge is -2.22. The summed E-state index contributed by atoms with van der Waals surface area (Å²) in [5.41, 5.74) is 1.09. The molecule has 2 N–H and O–H groups in total. The van der Waals surface area contributed by atoms with Crippen LogP contribution >= 0.6 is 0 Å². The molecular weight excluding hydrogens is 398 g/mol. The summed E-state index contributed by atoms with van der Waals surface area (Å²) in [6, 6.07) is 13.7. The predicted octanol–water partition coefficient (Wildman–Crippen LogP) is 2.31. The second kappa shape index (κ2) is 10.5. The van der Waals surface area contributed by atoms with Gasteiger partial charge in [0.1, 0.15) is 11.5 Å². The van der Waals surface area contributed by atoms with Gasteiger partial charge in [0.05, 0.1) is 27.3 Å². The second-order valence-electron chi connectivity index (χ2n) is 7.41. The zero-order valence-corrected chi connectivity index (χ0v) is 17.7. The van der Waals surface area contributed by atoms with Crippen molar-refractivity contribution in [3.63, 3.8) is 0 Å². The van der Waals surface area contributed by atoms with Crippen molar-refractivity contribution in [3.8, 4) is 11.5 Å². The molecule has 8 nitrogen and oxygen atoms in total. The van der Waals surface area contributed by atoms with Crippen molar-refractivity contribution in [2.45, 2.75) is 12.8 Å². The van der Waals surface area contributed by atoms with Crippen molar-refractivity contribution in [2.24, 2.45) is 5.92 Å². The standard InChI is InChI=1S/C23H27N3O5/c1-30-19-9-5-17(6-10-19)23(29)26(14-16-3-4-16)15-22(28)24-13-21(27)25-18-7-11-20(31-2)12-8-18/h5-12,16H,3-4,13-15H2,1-2H3,(H,24,28)(H,25,27). The number of amides is 3. The van der Waals surface area contributed by atoms with Crippen molar-refractivity contribution < 1.29 is 23.9 Å². The number of ether oxygens (including phenoxy) is 2. The summed E-state index contributed by atoms with van der Waals surface area (Å²) < 4.78 is 10.2. The highest BCUT2D eigenvalue weighted by atomic mass is 16.5. The Balaban J connectivity index is 1.52. The van der Waals surface area contributed by atoms with Gasteiger partial charge in [0.25, 0.3) is 5.91 Å². The predicted molar refractivity (Wildman–Crippen MR) is 116 cm³/mol. The molecule has 0 saturated heterocycles. The molecule has 1 saturated carbocycles. The molecule has 0 bridgehead atoms. The molecule has 164 valence electrons. The molecule has 0 spiro atoms. The highest BCUT2D eigenvalue weighted by molar-refractivity contribution is 5.98. The summed E-state index contributed by atoms with van der Waals surface area (Å²) in [7, 11) is 3.13. The Hall–Kier alpha value is -3.55. The third kappa shape index (κ3) is 6.74. The minimum absolute atomic E-state index is 0.100. The summed E-state index contributed by atoms with van der Waals surface area (Å²) in [5, 5.41) is 5.29. The molecule has 1 fully saturated rings. The fourth-order valence-corrected chi connectivity index (χ4v) is 3.04. The number of benzene rings is 2. The molecule has 0 aliphatic heterocycles. The molecule has 1 aliphatic carbocycles. The van der Waals surface area contributed by atoms with Crippen molar-refractivity contribution in [2.75, 3.05) is 39.2 Å². The van der Waals surface area contributed by atoms with E-state index in [1.807, 2.05) is 0 Å². The number of methoxy groups -OCH3 is 2. The van der Waals surface area contributed by atoms with E-state index in [1.165, 1.54) is 4.90 Å². The maximum Gasteiger partial charge on any atom is 0.254 e. The molecule has 0 aromatic heterocycles. The Kier molecular flexibility index (Phi) is 7.48. The van der Waals surface area contributed by atoms with Crippen LogP contribution in [0.15, 0.2) is 48.5 Å². The van der Waals surface area contributed by atoms with Crippen LogP contribution in [0.4, 0.5) is 5.69 Å². The number of hydrogen-bond donors (Lipinski definition) is 2. The SMILES string of the molecule is COc1ccc(NC(=O)CNC(=O)CN(CC2CC2)C(=O)c2ccc(OC)cc2)cc1. The summed E-state index contributed by atoms with van der Waals surface area (Å²) in [6.07, 6.45) is 2.11. The molecule has 31 heavy (non-hydrogen) atoms. The van der Waals surface area contributed by atoms with E-state index in [2.05, 4.69) is 10.6 Å². The van der Waals surface area contributed by atoms with Crippen LogP contribution in [0.3, 0.4) is 0 Å². The first kappa shape index (κ1) is 22.1. The van der Waals surface area contributed by atoms with E-state index >= 15 is 0 Å². The van der Waals surface area contributed by atoms with Crippen LogP contribution in [0.2, 0.25) is 0 Å². The fraction of sp³-hybridized carbons (Fsp3) is 0.348. The zero-order chi connectivity index (χ0) is 22.2. The highest BCUT2D eigenvalue weighted by Crippen LogP contribution is 2.30. The second-order valence-corrected chi connectivity index (χ2v) is 7.41. The Labute approximate surface area is 181 Å². The van der Waals surface area contributed by atoms with Gasteiger partial charge in [-0.1, -0.05) is 0 Å². The Morgan fingerprint density at radius 3 is 2.03 bits per heavy atom. The van der Waals surface area contributed by atoms with Crippen LogP contribution < -0.4 is 20.1 Å². The van der Waals surface area contributed by atoms with Crippen molar-refractivity contribution in [3.05, 3.63) is 54.1 Å². The third-order valence-electron chi connectivity index (χ3n) is 4.95. The van der Waals surface area contributed by atoms with Crippen LogP contribution in [-0.4, -0.2) is 56.5 Å². The van der Waals surface area contributed by atoms with Crippen molar-refractivity contribution in [1.29, 1.82) is 0 Å². The number of hydrogen-bond acceptors (Lipinski definition) is 5. The lowest BCUT2D eigenvalue weighted by atomic mass is 10.2. The summed E-state index contributed by atoms with van der Waals surface area (Å²) in [5.74, 6) is 0.816. The monoisotopic (exact) mass is 425 g/mol. The van der Waals surface area contributed by atoms with Crippen LogP contribution in [0.5, 0.6) is 11.5 Å². The minimum Gasteiger partial charge on any atom is -0.497 e. The van der Waals surface area contributed by atoms with Crippen LogP contribution in [-0.2, 0) is 9.59 Å². The van der Waals surface area contributed by atoms with Gasteiger partial charge in [0, 0.05) is 17.8 Å². The molecular formula is C23H27N3O5. The third-order valence-corrected chi connectivity index (χ3v) is 4.95. The number of carbonyl (C=O) groups excluding carboxylic acids is 3. The van der Waals surface area contributed by atoms with Gasteiger partial charge in [-0.25, -0.2) is 0 Å². The number of anilines is 1. The van der Waals surface area contributed by atoms with Crippen LogP contribution in [0, 0.1) is 5.92 Å². The van der Waals surface area contributed by atoms with E-state index in [4.69, 9.17) is 9.47 Å². The molecule has 0 unspecified atom stereocenters. The summed E-state index contributed by atoms with van der Waals surface area (Å²) in [6.45, 7) is 0.242. The molecule has 0 radical (unpaired) electrons. The number of rotatable bonds is 10. The minimum atomic E-state index is -0.382. The van der Waals surface area contributed by atoms with E-state index in [0.29, 0.717) is 35.2 Å². The van der Waals surface area contributed by atoms with Crippen molar-refractivity contribution >= 4 is 23.4 Å². The first-order valence-corrected chi connectivity index (χ1v) is 10.1. The summed E-state index contributed by atoms with van der Waals surface area (Å²) in [4.78, 5) is 38.9. The molecule has 8 heteroatoms.